The number of H-pyrrole nitrogens is 1. The summed E-state index contributed by atoms with van der Waals surface area (Å²) in [4.78, 5) is 29.9. The van der Waals surface area contributed by atoms with Crippen molar-refractivity contribution in [2.24, 2.45) is 0 Å². The molecule has 152 valence electrons. The predicted molar refractivity (Wildman–Crippen MR) is 115 cm³/mol. The Balaban J connectivity index is 1.83. The van der Waals surface area contributed by atoms with Crippen molar-refractivity contribution in [3.8, 4) is 11.5 Å². The molecule has 1 amide bonds. The van der Waals surface area contributed by atoms with Crippen molar-refractivity contribution in [2.75, 3.05) is 25.7 Å². The molecule has 1 aromatic heterocycles. The lowest BCUT2D eigenvalue weighted by molar-refractivity contribution is -0.118. The zero-order valence-corrected chi connectivity index (χ0v) is 17.2. The van der Waals surface area contributed by atoms with Gasteiger partial charge in [-0.2, -0.15) is 0 Å². The molecule has 29 heavy (non-hydrogen) atoms. The number of fused-ring (bicyclic) bond motifs is 1. The Hall–Kier alpha value is -3.28. The van der Waals surface area contributed by atoms with Crippen LogP contribution < -0.4 is 19.9 Å². The van der Waals surface area contributed by atoms with E-state index in [1.165, 1.54) is 0 Å². The summed E-state index contributed by atoms with van der Waals surface area (Å²) in [5, 5.41) is 0.829. The molecule has 0 spiro atoms. The number of aromatic amines is 1. The monoisotopic (exact) mass is 394 g/mol. The first-order chi connectivity index (χ1) is 14.0. The molecule has 3 aromatic rings. The standard InChI is InChI=1S/C23H26N2O4/c1-5-25(18-8-6-7-15(2)11-18)22(26)10-9-16-12-17-13-20(28-3)21(29-4)14-19(17)24-23(16)27/h6-8,11-14H,5,9-10H2,1-4H3,(H,24,27). The minimum atomic E-state index is -0.198. The average molecular weight is 394 g/mol. The van der Waals surface area contributed by atoms with Gasteiger partial charge < -0.3 is 19.4 Å². The highest BCUT2D eigenvalue weighted by Crippen LogP contribution is 2.31. The van der Waals surface area contributed by atoms with Gasteiger partial charge in [0.25, 0.3) is 5.56 Å². The molecule has 0 aliphatic carbocycles. The molecule has 0 fully saturated rings. The van der Waals surface area contributed by atoms with Crippen LogP contribution in [0.5, 0.6) is 11.5 Å². The first kappa shape index (κ1) is 20.5. The molecule has 2 aromatic carbocycles. The highest BCUT2D eigenvalue weighted by atomic mass is 16.5. The molecule has 3 rings (SSSR count). The van der Waals surface area contributed by atoms with Crippen LogP contribution in [0, 0.1) is 6.92 Å². The lowest BCUT2D eigenvalue weighted by Crippen LogP contribution is -2.31. The molecule has 0 atom stereocenters. The van der Waals surface area contributed by atoms with Gasteiger partial charge >= 0.3 is 0 Å². The van der Waals surface area contributed by atoms with E-state index in [4.69, 9.17) is 9.47 Å². The van der Waals surface area contributed by atoms with E-state index in [1.807, 2.05) is 50.2 Å². The number of hydrogen-bond donors (Lipinski definition) is 1. The number of carbonyl (C=O) groups is 1. The summed E-state index contributed by atoms with van der Waals surface area (Å²) in [7, 11) is 3.12. The minimum Gasteiger partial charge on any atom is -0.493 e. The van der Waals surface area contributed by atoms with E-state index in [2.05, 4.69) is 4.98 Å². The van der Waals surface area contributed by atoms with Gasteiger partial charge in [-0.3, -0.25) is 9.59 Å². The van der Waals surface area contributed by atoms with Crippen molar-refractivity contribution in [3.63, 3.8) is 0 Å². The number of ether oxygens (including phenoxy) is 2. The van der Waals surface area contributed by atoms with E-state index in [0.29, 0.717) is 35.5 Å². The number of benzene rings is 2. The molecule has 1 N–H and O–H groups in total. The first-order valence-corrected chi connectivity index (χ1v) is 9.61. The summed E-state index contributed by atoms with van der Waals surface area (Å²) >= 11 is 0. The van der Waals surface area contributed by atoms with Crippen molar-refractivity contribution in [3.05, 3.63) is 63.9 Å². The van der Waals surface area contributed by atoms with Crippen LogP contribution in [0.25, 0.3) is 10.9 Å². The van der Waals surface area contributed by atoms with Gasteiger partial charge in [0.2, 0.25) is 5.91 Å². The third kappa shape index (κ3) is 4.42. The Morgan fingerprint density at radius 2 is 1.79 bits per heavy atom. The quantitative estimate of drug-likeness (QED) is 0.661. The lowest BCUT2D eigenvalue weighted by atomic mass is 10.1. The lowest BCUT2D eigenvalue weighted by Gasteiger charge is -2.21. The fourth-order valence-electron chi connectivity index (χ4n) is 3.44. The van der Waals surface area contributed by atoms with Crippen molar-refractivity contribution in [1.29, 1.82) is 0 Å². The molecule has 0 aliphatic rings. The maximum atomic E-state index is 12.8. The van der Waals surface area contributed by atoms with Crippen LogP contribution in [0.4, 0.5) is 5.69 Å². The number of hydrogen-bond acceptors (Lipinski definition) is 4. The molecule has 6 nitrogen and oxygen atoms in total. The zero-order chi connectivity index (χ0) is 21.0. The van der Waals surface area contributed by atoms with Crippen molar-refractivity contribution >= 4 is 22.5 Å². The minimum absolute atomic E-state index is 0.00934. The average Bonchev–Trinajstić information content (AvgIpc) is 2.72. The number of aryl methyl sites for hydroxylation is 2. The van der Waals surface area contributed by atoms with E-state index < -0.39 is 0 Å². The van der Waals surface area contributed by atoms with Gasteiger partial charge in [0.05, 0.1) is 19.7 Å². The third-order valence-electron chi connectivity index (χ3n) is 4.96. The number of nitrogens with one attached hydrogen (secondary N) is 1. The van der Waals surface area contributed by atoms with Crippen LogP contribution in [0.15, 0.2) is 47.3 Å². The second kappa shape index (κ2) is 8.82. The second-order valence-corrected chi connectivity index (χ2v) is 6.90. The first-order valence-electron chi connectivity index (χ1n) is 9.61. The summed E-state index contributed by atoms with van der Waals surface area (Å²) in [5.41, 5.74) is 3.01. The van der Waals surface area contributed by atoms with Crippen LogP contribution in [0.2, 0.25) is 0 Å². The predicted octanol–water partition coefficient (Wildman–Crippen LogP) is 3.84. The van der Waals surface area contributed by atoms with Crippen LogP contribution in [-0.2, 0) is 11.2 Å². The highest BCUT2D eigenvalue weighted by Gasteiger charge is 2.16. The molecule has 0 radical (unpaired) electrons. The summed E-state index contributed by atoms with van der Waals surface area (Å²) in [6.07, 6.45) is 0.616. The normalized spacial score (nSPS) is 10.8. The van der Waals surface area contributed by atoms with E-state index >= 15 is 0 Å². The molecule has 0 unspecified atom stereocenters. The van der Waals surface area contributed by atoms with Crippen molar-refractivity contribution in [2.45, 2.75) is 26.7 Å². The number of aromatic nitrogens is 1. The number of rotatable bonds is 7. The molecular formula is C23H26N2O4. The van der Waals surface area contributed by atoms with Crippen LogP contribution in [0.1, 0.15) is 24.5 Å². The molecule has 1 heterocycles. The van der Waals surface area contributed by atoms with Crippen LogP contribution >= 0.6 is 0 Å². The van der Waals surface area contributed by atoms with E-state index in [-0.39, 0.29) is 17.9 Å². The number of nitrogens with zero attached hydrogens (tertiary/aromatic N) is 1. The van der Waals surface area contributed by atoms with E-state index in [1.54, 1.807) is 25.2 Å². The smallest absolute Gasteiger partial charge is 0.251 e. The fraction of sp³-hybridized carbons (Fsp3) is 0.304. The molecule has 0 saturated heterocycles. The number of anilines is 1. The van der Waals surface area contributed by atoms with Gasteiger partial charge in [-0.15, -0.1) is 0 Å². The SMILES string of the molecule is CCN(C(=O)CCc1cc2cc(OC)c(OC)cc2[nH]c1=O)c1cccc(C)c1. The Bertz CT molecular complexity index is 1090. The zero-order valence-electron chi connectivity index (χ0n) is 17.2. The number of pyridine rings is 1. The van der Waals surface area contributed by atoms with Crippen LogP contribution in [0.3, 0.4) is 0 Å². The Morgan fingerprint density at radius 3 is 2.45 bits per heavy atom. The second-order valence-electron chi connectivity index (χ2n) is 6.90. The van der Waals surface area contributed by atoms with E-state index in [9.17, 15) is 9.59 Å². The summed E-state index contributed by atoms with van der Waals surface area (Å²) in [5.74, 6) is 1.13. The highest BCUT2D eigenvalue weighted by molar-refractivity contribution is 5.93. The van der Waals surface area contributed by atoms with Gasteiger partial charge in [-0.05, 0) is 50.1 Å². The molecule has 0 aliphatic heterocycles. The fourth-order valence-corrected chi connectivity index (χ4v) is 3.44. The largest absolute Gasteiger partial charge is 0.493 e. The van der Waals surface area contributed by atoms with E-state index in [0.717, 1.165) is 16.6 Å². The van der Waals surface area contributed by atoms with Crippen molar-refractivity contribution in [1.82, 2.24) is 4.98 Å². The number of amides is 1. The summed E-state index contributed by atoms with van der Waals surface area (Å²) < 4.78 is 10.6. The molecule has 6 heteroatoms. The molecule has 0 saturated carbocycles. The Morgan fingerprint density at radius 1 is 1.07 bits per heavy atom. The maximum absolute atomic E-state index is 12.8. The number of carbonyl (C=O) groups excluding carboxylic acids is 1. The van der Waals surface area contributed by atoms with Gasteiger partial charge in [-0.25, -0.2) is 0 Å². The summed E-state index contributed by atoms with van der Waals surface area (Å²) in [6, 6.07) is 13.2. The van der Waals surface area contributed by atoms with Gasteiger partial charge in [0.1, 0.15) is 0 Å². The van der Waals surface area contributed by atoms with Gasteiger partial charge in [0, 0.05) is 35.7 Å². The van der Waals surface area contributed by atoms with Gasteiger partial charge in [0.15, 0.2) is 11.5 Å². The Labute approximate surface area is 170 Å². The number of methoxy groups -OCH3 is 2. The maximum Gasteiger partial charge on any atom is 0.251 e. The molecule has 0 bridgehead atoms. The van der Waals surface area contributed by atoms with Crippen LogP contribution in [-0.4, -0.2) is 31.7 Å². The van der Waals surface area contributed by atoms with Crippen molar-refractivity contribution < 1.29 is 14.3 Å². The van der Waals surface area contributed by atoms with Gasteiger partial charge in [-0.1, -0.05) is 12.1 Å². The molecular weight excluding hydrogens is 368 g/mol. The Kier molecular flexibility index (Phi) is 6.22. The third-order valence-corrected chi connectivity index (χ3v) is 4.96. The topological polar surface area (TPSA) is 71.6 Å². The summed E-state index contributed by atoms with van der Waals surface area (Å²) in [6.45, 7) is 4.52.